The van der Waals surface area contributed by atoms with Crippen LogP contribution in [-0.2, 0) is 26.1 Å². The van der Waals surface area contributed by atoms with Gasteiger partial charge in [0.25, 0.3) is 0 Å². The minimum atomic E-state index is -3.94. The van der Waals surface area contributed by atoms with E-state index in [2.05, 4.69) is 5.32 Å². The van der Waals surface area contributed by atoms with Gasteiger partial charge in [-0.1, -0.05) is 18.2 Å². The maximum atomic E-state index is 13.5. The third-order valence-electron chi connectivity index (χ3n) is 5.78. The molecule has 0 aliphatic carbocycles. The summed E-state index contributed by atoms with van der Waals surface area (Å²) >= 11 is 0. The summed E-state index contributed by atoms with van der Waals surface area (Å²) in [6.45, 7) is 4.12. The Labute approximate surface area is 184 Å². The third-order valence-corrected chi connectivity index (χ3v) is 9.95. The Hall–Kier alpha value is -2.10. The lowest BCUT2D eigenvalue weighted by Gasteiger charge is -2.22. The largest absolute Gasteiger partial charge is 0.496 e. The smallest absolute Gasteiger partial charge is 0.187 e. The molecule has 2 atom stereocenters. The molecule has 0 unspecified atom stereocenters. The van der Waals surface area contributed by atoms with Crippen LogP contribution in [0.25, 0.3) is 0 Å². The normalized spacial score (nSPS) is 20.5. The molecule has 3 rings (SSSR count). The number of nitrogens with one attached hydrogen (secondary N) is 1. The number of sulfone groups is 2. The van der Waals surface area contributed by atoms with Crippen LogP contribution < -0.4 is 14.8 Å². The Morgan fingerprint density at radius 3 is 2.32 bits per heavy atom. The van der Waals surface area contributed by atoms with Crippen LogP contribution in [0, 0.1) is 13.8 Å². The van der Waals surface area contributed by atoms with Crippen molar-refractivity contribution < 1.29 is 26.3 Å². The van der Waals surface area contributed by atoms with Crippen LogP contribution in [0.4, 0.5) is 0 Å². The lowest BCUT2D eigenvalue weighted by molar-refractivity contribution is 0.401. The number of para-hydroxylation sites is 1. The molecule has 0 bridgehead atoms. The molecule has 7 nitrogen and oxygen atoms in total. The number of aryl methyl sites for hydroxylation is 2. The van der Waals surface area contributed by atoms with Crippen LogP contribution >= 0.6 is 0 Å². The zero-order chi connectivity index (χ0) is 22.8. The second kappa shape index (κ2) is 9.18. The van der Waals surface area contributed by atoms with Gasteiger partial charge in [-0.05, 0) is 61.7 Å². The van der Waals surface area contributed by atoms with Gasteiger partial charge in [-0.2, -0.15) is 0 Å². The number of rotatable bonds is 8. The van der Waals surface area contributed by atoms with Gasteiger partial charge in [-0.3, -0.25) is 0 Å². The van der Waals surface area contributed by atoms with Gasteiger partial charge in [0.2, 0.25) is 0 Å². The summed E-state index contributed by atoms with van der Waals surface area (Å²) in [5.41, 5.74) is 2.68. The molecule has 1 heterocycles. The van der Waals surface area contributed by atoms with E-state index in [0.29, 0.717) is 13.0 Å². The Kier molecular flexibility index (Phi) is 6.98. The van der Waals surface area contributed by atoms with Crippen molar-refractivity contribution in [2.45, 2.75) is 36.5 Å². The molecule has 31 heavy (non-hydrogen) atoms. The third kappa shape index (κ3) is 5.05. The van der Waals surface area contributed by atoms with Crippen molar-refractivity contribution in [2.24, 2.45) is 0 Å². The molecule has 1 aliphatic heterocycles. The van der Waals surface area contributed by atoms with Gasteiger partial charge in [-0.15, -0.1) is 0 Å². The molecular formula is C22H29NO6S2. The van der Waals surface area contributed by atoms with Crippen LogP contribution in [0.15, 0.2) is 41.3 Å². The second-order valence-corrected chi connectivity index (χ2v) is 12.2. The number of hydrogen-bond donors (Lipinski definition) is 1. The molecule has 0 saturated carbocycles. The summed E-state index contributed by atoms with van der Waals surface area (Å²) < 4.78 is 62.4. The standard InChI is InChI=1S/C22H29NO6S2/c1-15-11-20(29-4)21(12-16(15)2)31(26,27)22-14-30(24,25)13-18(22)23-10-9-17-7-5-6-8-19(17)28-3/h5-8,11-12,18,22-23H,9-10,13-14H2,1-4H3/t18-,22-/m0/s1. The molecular weight excluding hydrogens is 438 g/mol. The first-order valence-electron chi connectivity index (χ1n) is 10.0. The topological polar surface area (TPSA) is 98.8 Å². The molecule has 2 aromatic rings. The maximum Gasteiger partial charge on any atom is 0.187 e. The van der Waals surface area contributed by atoms with Crippen molar-refractivity contribution >= 4 is 19.7 Å². The predicted octanol–water partition coefficient (Wildman–Crippen LogP) is 2.09. The molecule has 170 valence electrons. The zero-order valence-corrected chi connectivity index (χ0v) is 19.8. The minimum absolute atomic E-state index is 0.0386. The van der Waals surface area contributed by atoms with Gasteiger partial charge in [0, 0.05) is 6.04 Å². The van der Waals surface area contributed by atoms with Crippen LogP contribution in [-0.4, -0.2) is 60.4 Å². The van der Waals surface area contributed by atoms with Gasteiger partial charge in [0.15, 0.2) is 19.7 Å². The van der Waals surface area contributed by atoms with Crippen molar-refractivity contribution in [1.82, 2.24) is 5.32 Å². The molecule has 1 fully saturated rings. The van der Waals surface area contributed by atoms with E-state index in [0.717, 1.165) is 22.4 Å². The second-order valence-electron chi connectivity index (χ2n) is 7.87. The molecule has 0 amide bonds. The number of benzene rings is 2. The average molecular weight is 468 g/mol. The summed E-state index contributed by atoms with van der Waals surface area (Å²) in [5, 5.41) is 2.09. The highest BCUT2D eigenvalue weighted by atomic mass is 32.2. The number of methoxy groups -OCH3 is 2. The van der Waals surface area contributed by atoms with Crippen LogP contribution in [0.2, 0.25) is 0 Å². The monoisotopic (exact) mass is 467 g/mol. The Balaban J connectivity index is 1.86. The van der Waals surface area contributed by atoms with E-state index < -0.39 is 36.7 Å². The van der Waals surface area contributed by atoms with Crippen LogP contribution in [0.5, 0.6) is 11.5 Å². The Bertz CT molecular complexity index is 1160. The highest BCUT2D eigenvalue weighted by Crippen LogP contribution is 2.33. The summed E-state index contributed by atoms with van der Waals surface area (Å²) in [5.74, 6) is 0.362. The van der Waals surface area contributed by atoms with Crippen molar-refractivity contribution in [3.63, 3.8) is 0 Å². The fraction of sp³-hybridized carbons (Fsp3) is 0.455. The van der Waals surface area contributed by atoms with Crippen molar-refractivity contribution in [3.8, 4) is 11.5 Å². The summed E-state index contributed by atoms with van der Waals surface area (Å²) in [4.78, 5) is 0.0386. The first kappa shape index (κ1) is 23.6. The Morgan fingerprint density at radius 2 is 1.65 bits per heavy atom. The molecule has 1 aliphatic rings. The lowest BCUT2D eigenvalue weighted by Crippen LogP contribution is -2.44. The Morgan fingerprint density at radius 1 is 1.00 bits per heavy atom. The van der Waals surface area contributed by atoms with Gasteiger partial charge in [0.1, 0.15) is 16.4 Å². The van der Waals surface area contributed by atoms with Crippen molar-refractivity contribution in [3.05, 3.63) is 53.1 Å². The van der Waals surface area contributed by atoms with E-state index in [1.807, 2.05) is 38.1 Å². The van der Waals surface area contributed by atoms with Crippen LogP contribution in [0.3, 0.4) is 0 Å². The van der Waals surface area contributed by atoms with Crippen molar-refractivity contribution in [2.75, 3.05) is 32.3 Å². The van der Waals surface area contributed by atoms with Gasteiger partial charge >= 0.3 is 0 Å². The van der Waals surface area contributed by atoms with E-state index >= 15 is 0 Å². The van der Waals surface area contributed by atoms with E-state index in [-0.39, 0.29) is 16.4 Å². The van der Waals surface area contributed by atoms with E-state index in [9.17, 15) is 16.8 Å². The SMILES string of the molecule is COc1ccccc1CCN[C@H]1CS(=O)(=O)C[C@@H]1S(=O)(=O)c1cc(C)c(C)cc1OC. The highest BCUT2D eigenvalue weighted by molar-refractivity contribution is 7.96. The van der Waals surface area contributed by atoms with E-state index in [1.54, 1.807) is 19.2 Å². The highest BCUT2D eigenvalue weighted by Gasteiger charge is 2.46. The average Bonchev–Trinajstić information content (AvgIpc) is 3.05. The first-order chi connectivity index (χ1) is 14.6. The van der Waals surface area contributed by atoms with E-state index in [4.69, 9.17) is 9.47 Å². The molecule has 1 saturated heterocycles. The summed E-state index contributed by atoms with van der Waals surface area (Å²) in [6.07, 6.45) is 0.584. The molecule has 0 radical (unpaired) electrons. The van der Waals surface area contributed by atoms with Gasteiger partial charge in [-0.25, -0.2) is 16.8 Å². The summed E-state index contributed by atoms with van der Waals surface area (Å²) in [7, 11) is -4.42. The maximum absolute atomic E-state index is 13.5. The molecule has 0 aromatic heterocycles. The molecule has 2 aromatic carbocycles. The summed E-state index contributed by atoms with van der Waals surface area (Å²) in [6, 6.07) is 10.1. The molecule has 1 N–H and O–H groups in total. The fourth-order valence-electron chi connectivity index (χ4n) is 3.92. The van der Waals surface area contributed by atoms with Crippen LogP contribution in [0.1, 0.15) is 16.7 Å². The number of hydrogen-bond acceptors (Lipinski definition) is 7. The quantitative estimate of drug-likeness (QED) is 0.635. The minimum Gasteiger partial charge on any atom is -0.496 e. The lowest BCUT2D eigenvalue weighted by atomic mass is 10.1. The number of ether oxygens (including phenoxy) is 2. The van der Waals surface area contributed by atoms with Gasteiger partial charge in [0.05, 0.1) is 31.0 Å². The zero-order valence-electron chi connectivity index (χ0n) is 18.2. The molecule has 0 spiro atoms. The molecule has 9 heteroatoms. The first-order valence-corrected chi connectivity index (χ1v) is 13.4. The predicted molar refractivity (Wildman–Crippen MR) is 121 cm³/mol. The van der Waals surface area contributed by atoms with Crippen molar-refractivity contribution in [1.29, 1.82) is 0 Å². The van der Waals surface area contributed by atoms with Gasteiger partial charge < -0.3 is 14.8 Å². The fourth-order valence-corrected chi connectivity index (χ4v) is 8.86. The van der Waals surface area contributed by atoms with E-state index in [1.165, 1.54) is 7.11 Å².